The van der Waals surface area contributed by atoms with Crippen molar-refractivity contribution in [2.45, 2.75) is 17.9 Å². The van der Waals surface area contributed by atoms with Crippen LogP contribution in [0.5, 0.6) is 0 Å². The first kappa shape index (κ1) is 13.1. The zero-order valence-corrected chi connectivity index (χ0v) is 12.0. The number of nitroso groups, excluding NO2 is 1. The molecule has 0 aliphatic carbocycles. The average Bonchev–Trinajstić information content (AvgIpc) is 2.50. The molecule has 2 aromatic rings. The minimum atomic E-state index is -0.171. The monoisotopic (exact) mass is 283 g/mol. The summed E-state index contributed by atoms with van der Waals surface area (Å²) in [7, 11) is 0. The third-order valence-corrected chi connectivity index (χ3v) is 4.36. The number of nitrogens with zero attached hydrogens (tertiary/aromatic N) is 2. The van der Waals surface area contributed by atoms with Gasteiger partial charge in [-0.3, -0.25) is 0 Å². The molecule has 3 nitrogen and oxygen atoms in total. The lowest BCUT2D eigenvalue weighted by Gasteiger charge is -2.13. The average molecular weight is 283 g/mol. The van der Waals surface area contributed by atoms with Gasteiger partial charge in [-0.15, -0.1) is 11.8 Å². The summed E-state index contributed by atoms with van der Waals surface area (Å²) in [6.07, 6.45) is 0. The highest BCUT2D eigenvalue weighted by molar-refractivity contribution is 8.00. The fourth-order valence-corrected chi connectivity index (χ4v) is 3.08. The van der Waals surface area contributed by atoms with Gasteiger partial charge in [-0.25, -0.2) is 0 Å². The Morgan fingerprint density at radius 1 is 1.10 bits per heavy atom. The molecular formula is C16H15N2OS+. The van der Waals surface area contributed by atoms with Gasteiger partial charge in [0.05, 0.1) is 5.56 Å². The SMILES string of the molecule is CC1c2ccccc2N=C(CSc2ccccc2)[N+]1=O. The summed E-state index contributed by atoms with van der Waals surface area (Å²) in [5.41, 5.74) is 1.91. The zero-order valence-electron chi connectivity index (χ0n) is 11.2. The molecule has 0 amide bonds. The number of benzene rings is 2. The van der Waals surface area contributed by atoms with Gasteiger partial charge >= 0.3 is 5.84 Å². The van der Waals surface area contributed by atoms with Crippen LogP contribution in [0.15, 0.2) is 64.5 Å². The van der Waals surface area contributed by atoms with Gasteiger partial charge in [-0.05, 0) is 34.9 Å². The first-order chi connectivity index (χ1) is 9.75. The Balaban J connectivity index is 1.83. The molecule has 100 valence electrons. The summed E-state index contributed by atoms with van der Waals surface area (Å²) in [6.45, 7) is 1.92. The molecule has 1 aliphatic rings. The largest absolute Gasteiger partial charge is 0.347 e. The molecule has 1 heterocycles. The zero-order chi connectivity index (χ0) is 13.9. The Labute approximate surface area is 122 Å². The molecule has 0 N–H and O–H groups in total. The molecule has 0 bridgehead atoms. The second-order valence-electron chi connectivity index (χ2n) is 4.69. The van der Waals surface area contributed by atoms with Crippen LogP contribution in [0, 0.1) is 4.91 Å². The molecule has 0 aromatic heterocycles. The van der Waals surface area contributed by atoms with Crippen molar-refractivity contribution in [1.82, 2.24) is 0 Å². The van der Waals surface area contributed by atoms with Crippen molar-refractivity contribution >= 4 is 23.3 Å². The van der Waals surface area contributed by atoms with E-state index in [1.54, 1.807) is 11.8 Å². The third kappa shape index (κ3) is 2.51. The van der Waals surface area contributed by atoms with Crippen molar-refractivity contribution in [3.8, 4) is 0 Å². The quantitative estimate of drug-likeness (QED) is 0.619. The predicted molar refractivity (Wildman–Crippen MR) is 82.7 cm³/mol. The number of hydrogen-bond donors (Lipinski definition) is 0. The third-order valence-electron chi connectivity index (χ3n) is 3.35. The maximum Gasteiger partial charge on any atom is 0.347 e. The van der Waals surface area contributed by atoms with Crippen LogP contribution in [0.4, 0.5) is 5.69 Å². The predicted octanol–water partition coefficient (Wildman–Crippen LogP) is 4.36. The van der Waals surface area contributed by atoms with Crippen LogP contribution in [0.3, 0.4) is 0 Å². The molecule has 2 aromatic carbocycles. The molecule has 1 atom stereocenters. The van der Waals surface area contributed by atoms with Gasteiger partial charge in [-0.1, -0.05) is 41.3 Å². The van der Waals surface area contributed by atoms with Gasteiger partial charge in [0.15, 0.2) is 11.7 Å². The van der Waals surface area contributed by atoms with Gasteiger partial charge in [0.25, 0.3) is 0 Å². The van der Waals surface area contributed by atoms with Crippen molar-refractivity contribution < 1.29 is 4.76 Å². The van der Waals surface area contributed by atoms with E-state index in [1.807, 2.05) is 61.5 Å². The Hall–Kier alpha value is -1.94. The van der Waals surface area contributed by atoms with Gasteiger partial charge in [0, 0.05) is 4.90 Å². The summed E-state index contributed by atoms with van der Waals surface area (Å²) in [5, 5.41) is 0. The van der Waals surface area contributed by atoms with Crippen molar-refractivity contribution in [1.29, 1.82) is 0 Å². The van der Waals surface area contributed by atoms with Crippen LogP contribution in [-0.4, -0.2) is 16.3 Å². The van der Waals surface area contributed by atoms with E-state index in [9.17, 15) is 4.91 Å². The van der Waals surface area contributed by atoms with Crippen molar-refractivity contribution in [3.05, 3.63) is 65.1 Å². The number of hydrogen-bond acceptors (Lipinski definition) is 3. The molecule has 0 spiro atoms. The van der Waals surface area contributed by atoms with E-state index >= 15 is 0 Å². The number of fused-ring (bicyclic) bond motifs is 1. The molecule has 0 saturated heterocycles. The van der Waals surface area contributed by atoms with Crippen LogP contribution in [0.2, 0.25) is 0 Å². The van der Waals surface area contributed by atoms with E-state index in [0.29, 0.717) is 11.6 Å². The summed E-state index contributed by atoms with van der Waals surface area (Å²) in [6, 6.07) is 17.7. The smallest absolute Gasteiger partial charge is 0.113 e. The van der Waals surface area contributed by atoms with Gasteiger partial charge in [0.1, 0.15) is 5.75 Å². The molecule has 1 unspecified atom stereocenters. The highest BCUT2D eigenvalue weighted by atomic mass is 32.2. The molecule has 0 saturated carbocycles. The van der Waals surface area contributed by atoms with Crippen molar-refractivity contribution in [3.63, 3.8) is 0 Å². The Morgan fingerprint density at radius 2 is 1.80 bits per heavy atom. The van der Waals surface area contributed by atoms with Crippen LogP contribution in [0.25, 0.3) is 0 Å². The van der Waals surface area contributed by atoms with Crippen LogP contribution in [0.1, 0.15) is 18.5 Å². The van der Waals surface area contributed by atoms with Gasteiger partial charge in [-0.2, -0.15) is 0 Å². The molecule has 1 aliphatic heterocycles. The summed E-state index contributed by atoms with van der Waals surface area (Å²) in [5.74, 6) is 1.18. The molecule has 0 fully saturated rings. The second-order valence-corrected chi connectivity index (χ2v) is 5.74. The molecule has 0 radical (unpaired) electrons. The van der Waals surface area contributed by atoms with Crippen molar-refractivity contribution in [2.75, 3.05) is 5.75 Å². The summed E-state index contributed by atoms with van der Waals surface area (Å²) in [4.78, 5) is 17.9. The van der Waals surface area contributed by atoms with E-state index < -0.39 is 0 Å². The molecule has 20 heavy (non-hydrogen) atoms. The maximum atomic E-state index is 12.3. The molecule has 4 heteroatoms. The molecular weight excluding hydrogens is 268 g/mol. The number of amidine groups is 1. The minimum absolute atomic E-state index is 0.171. The first-order valence-corrected chi connectivity index (χ1v) is 7.55. The summed E-state index contributed by atoms with van der Waals surface area (Å²) < 4.78 is 1.03. The molecule has 3 rings (SSSR count). The van der Waals surface area contributed by atoms with E-state index in [0.717, 1.165) is 20.9 Å². The lowest BCUT2D eigenvalue weighted by atomic mass is 10.0. The number of thioether (sulfide) groups is 1. The Kier molecular flexibility index (Phi) is 3.65. The first-order valence-electron chi connectivity index (χ1n) is 6.56. The van der Waals surface area contributed by atoms with E-state index in [4.69, 9.17) is 0 Å². The standard InChI is InChI=1S/C16H15N2OS/c1-12-14-9-5-6-10-15(14)17-16(18(12)19)11-20-13-7-3-2-4-8-13/h2-10,12H,11H2,1H3/q+1. The Morgan fingerprint density at radius 3 is 2.60 bits per heavy atom. The Bertz CT molecular complexity index is 667. The minimum Gasteiger partial charge on any atom is -0.113 e. The van der Waals surface area contributed by atoms with Crippen molar-refractivity contribution in [2.24, 2.45) is 4.99 Å². The summed E-state index contributed by atoms with van der Waals surface area (Å²) >= 11 is 1.63. The number of aliphatic imine (C=N–C) groups is 1. The van der Waals surface area contributed by atoms with Crippen LogP contribution >= 0.6 is 11.8 Å². The van der Waals surface area contributed by atoms with Gasteiger partial charge in [0.2, 0.25) is 0 Å². The van der Waals surface area contributed by atoms with Crippen LogP contribution in [-0.2, 0) is 0 Å². The van der Waals surface area contributed by atoms with Crippen LogP contribution < -0.4 is 0 Å². The van der Waals surface area contributed by atoms with E-state index in [-0.39, 0.29) is 6.04 Å². The lowest BCUT2D eigenvalue weighted by molar-refractivity contribution is -0.480. The number of para-hydroxylation sites is 1. The highest BCUT2D eigenvalue weighted by Crippen LogP contribution is 2.32. The number of rotatable bonds is 3. The van der Waals surface area contributed by atoms with Gasteiger partial charge < -0.3 is 0 Å². The highest BCUT2D eigenvalue weighted by Gasteiger charge is 2.34. The fourth-order valence-electron chi connectivity index (χ4n) is 2.24. The fraction of sp³-hybridized carbons (Fsp3) is 0.188. The van der Waals surface area contributed by atoms with E-state index in [2.05, 4.69) is 4.99 Å². The topological polar surface area (TPSA) is 32.4 Å². The van der Waals surface area contributed by atoms with E-state index in [1.165, 1.54) is 0 Å². The maximum absolute atomic E-state index is 12.3. The lowest BCUT2D eigenvalue weighted by Crippen LogP contribution is -2.26. The normalized spacial score (nSPS) is 17.6. The second kappa shape index (κ2) is 5.59.